The molecule has 0 bridgehead atoms. The topological polar surface area (TPSA) is 21.3 Å². The molecule has 1 N–H and O–H groups in total. The highest BCUT2D eigenvalue weighted by atomic mass is 35.5. The molecule has 0 aliphatic carbocycles. The molecule has 1 unspecified atom stereocenters. The minimum Gasteiger partial charge on any atom is -0.496 e. The highest BCUT2D eigenvalue weighted by Gasteiger charge is 2.19. The van der Waals surface area contributed by atoms with Crippen LogP contribution < -0.4 is 10.1 Å². The van der Waals surface area contributed by atoms with Gasteiger partial charge in [-0.25, -0.2) is 0 Å². The number of nitrogens with one attached hydrogen (secondary N) is 1. The van der Waals surface area contributed by atoms with Gasteiger partial charge in [-0.2, -0.15) is 0 Å². The highest BCUT2D eigenvalue weighted by Crippen LogP contribution is 2.36. The van der Waals surface area contributed by atoms with Crippen molar-refractivity contribution in [3.05, 3.63) is 51.2 Å². The molecule has 1 aromatic carbocycles. The van der Waals surface area contributed by atoms with Gasteiger partial charge in [0.1, 0.15) is 5.75 Å². The van der Waals surface area contributed by atoms with E-state index in [4.69, 9.17) is 16.3 Å². The smallest absolute Gasteiger partial charge is 0.134 e. The van der Waals surface area contributed by atoms with E-state index in [-0.39, 0.29) is 6.04 Å². The van der Waals surface area contributed by atoms with Gasteiger partial charge in [0.2, 0.25) is 0 Å². The highest BCUT2D eigenvalue weighted by molar-refractivity contribution is 7.10. The number of halogens is 1. The second kappa shape index (κ2) is 5.54. The van der Waals surface area contributed by atoms with E-state index in [1.165, 1.54) is 0 Å². The van der Waals surface area contributed by atoms with Gasteiger partial charge in [0.05, 0.1) is 18.0 Å². The second-order valence-corrected chi connectivity index (χ2v) is 4.95. The SMILES string of the molecule is CNC(c1ccccc1Cl)c1sccc1OC. The largest absolute Gasteiger partial charge is 0.496 e. The standard InChI is InChI=1S/C13H14ClNOS/c1-15-12(9-5-3-4-6-10(9)14)13-11(16-2)7-8-17-13/h3-8,12,15H,1-2H3. The van der Waals surface area contributed by atoms with Gasteiger partial charge < -0.3 is 10.1 Å². The van der Waals surface area contributed by atoms with Crippen molar-refractivity contribution in [2.75, 3.05) is 14.2 Å². The van der Waals surface area contributed by atoms with Crippen molar-refractivity contribution in [1.82, 2.24) is 5.32 Å². The molecule has 0 amide bonds. The molecule has 0 saturated heterocycles. The molecule has 0 fully saturated rings. The molecule has 2 nitrogen and oxygen atoms in total. The van der Waals surface area contributed by atoms with Crippen LogP contribution in [0.3, 0.4) is 0 Å². The van der Waals surface area contributed by atoms with Gasteiger partial charge >= 0.3 is 0 Å². The Bertz CT molecular complexity index is 498. The first-order chi connectivity index (χ1) is 8.27. The van der Waals surface area contributed by atoms with Crippen LogP contribution in [0.25, 0.3) is 0 Å². The lowest BCUT2D eigenvalue weighted by atomic mass is 10.1. The van der Waals surface area contributed by atoms with Gasteiger partial charge in [0.15, 0.2) is 0 Å². The lowest BCUT2D eigenvalue weighted by Crippen LogP contribution is -2.17. The summed E-state index contributed by atoms with van der Waals surface area (Å²) in [5.41, 5.74) is 1.07. The maximum atomic E-state index is 6.23. The summed E-state index contributed by atoms with van der Waals surface area (Å²) in [6.45, 7) is 0. The molecule has 0 aliphatic rings. The summed E-state index contributed by atoms with van der Waals surface area (Å²) in [7, 11) is 3.61. The third kappa shape index (κ3) is 2.46. The molecule has 0 aliphatic heterocycles. The Kier molecular flexibility index (Phi) is 4.05. The average Bonchev–Trinajstić information content (AvgIpc) is 2.81. The van der Waals surface area contributed by atoms with Crippen LogP contribution in [0.2, 0.25) is 5.02 Å². The van der Waals surface area contributed by atoms with E-state index in [2.05, 4.69) is 5.32 Å². The third-order valence-electron chi connectivity index (χ3n) is 2.64. The molecule has 1 heterocycles. The maximum Gasteiger partial charge on any atom is 0.134 e. The van der Waals surface area contributed by atoms with Crippen molar-refractivity contribution < 1.29 is 4.74 Å². The molecule has 0 spiro atoms. The molecule has 1 aromatic heterocycles. The van der Waals surface area contributed by atoms with Gasteiger partial charge in [-0.1, -0.05) is 29.8 Å². The van der Waals surface area contributed by atoms with E-state index in [1.807, 2.05) is 42.8 Å². The van der Waals surface area contributed by atoms with E-state index >= 15 is 0 Å². The fourth-order valence-corrected chi connectivity index (χ4v) is 3.06. The number of thiophene rings is 1. The van der Waals surface area contributed by atoms with Crippen LogP contribution in [0.15, 0.2) is 35.7 Å². The quantitative estimate of drug-likeness (QED) is 0.912. The first-order valence-electron chi connectivity index (χ1n) is 5.31. The maximum absolute atomic E-state index is 6.23. The fraction of sp³-hybridized carbons (Fsp3) is 0.231. The number of hydrogen-bond donors (Lipinski definition) is 1. The summed E-state index contributed by atoms with van der Waals surface area (Å²) in [6, 6.07) is 9.90. The van der Waals surface area contributed by atoms with Gasteiger partial charge in [-0.05, 0) is 30.1 Å². The lowest BCUT2D eigenvalue weighted by molar-refractivity contribution is 0.409. The first-order valence-corrected chi connectivity index (χ1v) is 6.56. The van der Waals surface area contributed by atoms with Crippen LogP contribution in [-0.4, -0.2) is 14.2 Å². The second-order valence-electron chi connectivity index (χ2n) is 3.60. The Morgan fingerprint density at radius 2 is 2.06 bits per heavy atom. The average molecular weight is 268 g/mol. The molecule has 90 valence electrons. The minimum absolute atomic E-state index is 0.0682. The molecular formula is C13H14ClNOS. The predicted molar refractivity (Wildman–Crippen MR) is 73.2 cm³/mol. The Morgan fingerprint density at radius 1 is 1.29 bits per heavy atom. The molecule has 2 rings (SSSR count). The molecule has 0 saturated carbocycles. The van der Waals surface area contributed by atoms with E-state index in [9.17, 15) is 0 Å². The zero-order valence-electron chi connectivity index (χ0n) is 9.74. The van der Waals surface area contributed by atoms with Crippen LogP contribution in [0, 0.1) is 0 Å². The summed E-state index contributed by atoms with van der Waals surface area (Å²) in [5, 5.41) is 6.07. The zero-order chi connectivity index (χ0) is 12.3. The number of ether oxygens (including phenoxy) is 1. The number of hydrogen-bond acceptors (Lipinski definition) is 3. The van der Waals surface area contributed by atoms with E-state index in [0.29, 0.717) is 0 Å². The fourth-order valence-electron chi connectivity index (χ4n) is 1.83. The van der Waals surface area contributed by atoms with Crippen molar-refractivity contribution in [1.29, 1.82) is 0 Å². The van der Waals surface area contributed by atoms with Crippen molar-refractivity contribution in [2.45, 2.75) is 6.04 Å². The molecule has 0 radical (unpaired) electrons. The number of rotatable bonds is 4. The van der Waals surface area contributed by atoms with Gasteiger partial charge in [-0.15, -0.1) is 11.3 Å². The summed E-state index contributed by atoms with van der Waals surface area (Å²) < 4.78 is 5.36. The molecule has 1 atom stereocenters. The van der Waals surface area contributed by atoms with E-state index < -0.39 is 0 Å². The Balaban J connectivity index is 2.44. The Morgan fingerprint density at radius 3 is 2.71 bits per heavy atom. The van der Waals surface area contributed by atoms with Crippen molar-refractivity contribution in [3.8, 4) is 5.75 Å². The van der Waals surface area contributed by atoms with Gasteiger partial charge in [0, 0.05) is 5.02 Å². The van der Waals surface area contributed by atoms with E-state index in [1.54, 1.807) is 18.4 Å². The van der Waals surface area contributed by atoms with Crippen LogP contribution >= 0.6 is 22.9 Å². The first kappa shape index (κ1) is 12.4. The number of methoxy groups -OCH3 is 1. The molecule has 2 aromatic rings. The van der Waals surface area contributed by atoms with E-state index in [0.717, 1.165) is 21.2 Å². The van der Waals surface area contributed by atoms with Crippen molar-refractivity contribution >= 4 is 22.9 Å². The molecule has 17 heavy (non-hydrogen) atoms. The molecule has 4 heteroatoms. The van der Waals surface area contributed by atoms with Crippen LogP contribution in [0.4, 0.5) is 0 Å². The summed E-state index contributed by atoms with van der Waals surface area (Å²) in [5.74, 6) is 0.897. The van der Waals surface area contributed by atoms with Crippen LogP contribution in [0.5, 0.6) is 5.75 Å². The summed E-state index contributed by atoms with van der Waals surface area (Å²) in [4.78, 5) is 1.14. The summed E-state index contributed by atoms with van der Waals surface area (Å²) in [6.07, 6.45) is 0. The van der Waals surface area contributed by atoms with Crippen molar-refractivity contribution in [3.63, 3.8) is 0 Å². The predicted octanol–water partition coefficient (Wildman–Crippen LogP) is 3.72. The lowest BCUT2D eigenvalue weighted by Gasteiger charge is -2.17. The number of benzene rings is 1. The Labute approximate surface area is 110 Å². The minimum atomic E-state index is 0.0682. The Hall–Kier alpha value is -1.03. The monoisotopic (exact) mass is 267 g/mol. The zero-order valence-corrected chi connectivity index (χ0v) is 11.3. The van der Waals surface area contributed by atoms with Crippen LogP contribution in [-0.2, 0) is 0 Å². The van der Waals surface area contributed by atoms with Gasteiger partial charge in [-0.3, -0.25) is 0 Å². The molecular weight excluding hydrogens is 254 g/mol. The third-order valence-corrected chi connectivity index (χ3v) is 3.95. The normalized spacial score (nSPS) is 12.4. The van der Waals surface area contributed by atoms with Crippen LogP contribution in [0.1, 0.15) is 16.5 Å². The van der Waals surface area contributed by atoms with Gasteiger partial charge in [0.25, 0.3) is 0 Å². The van der Waals surface area contributed by atoms with Crippen molar-refractivity contribution in [2.24, 2.45) is 0 Å². The summed E-state index contributed by atoms with van der Waals surface area (Å²) >= 11 is 7.90.